The fourth-order valence-electron chi connectivity index (χ4n) is 11.6. The Balaban J connectivity index is 1.55. The number of nitrogens with zero attached hydrogens (tertiary/aromatic N) is 2. The van der Waals surface area contributed by atoms with Gasteiger partial charge in [-0.15, -0.1) is 0 Å². The van der Waals surface area contributed by atoms with Crippen LogP contribution in [0.4, 0.5) is 11.4 Å². The van der Waals surface area contributed by atoms with Gasteiger partial charge in [-0.2, -0.15) is 0 Å². The number of anilines is 2. The summed E-state index contributed by atoms with van der Waals surface area (Å²) in [7, 11) is 0. The van der Waals surface area contributed by atoms with Gasteiger partial charge in [-0.25, -0.2) is 0 Å². The van der Waals surface area contributed by atoms with Crippen molar-refractivity contribution < 1.29 is 15.0 Å². The van der Waals surface area contributed by atoms with Gasteiger partial charge in [0.2, 0.25) is 0 Å². The first kappa shape index (κ1) is 36.5. The molecule has 0 spiro atoms. The molecule has 0 amide bonds. The summed E-state index contributed by atoms with van der Waals surface area (Å²) < 4.78 is 3.57. The van der Waals surface area contributed by atoms with E-state index in [1.165, 1.54) is 135 Å². The standard InChI is InChI=1S/C21H27N2.C18H33P.C7H6.Ru/c1-14-9-16(3)20(17(4)10-14)22-7-8-23(13-22)21-18(5)11-15(2)12-19(21)6;1-4-10-16(11-5-1)19(17-12-6-2-7-13-17)18-14-8-3-9-15-18;1-7-5-3-2-4-6-7;/h9-13H,7-8H2,1-6H3;16-18H,1-15H2;1-6H;/q;;;-1/p+1. The third-order valence-electron chi connectivity index (χ3n) is 13.2. The average Bonchev–Trinajstić information content (AvgIpc) is 3.52. The van der Waals surface area contributed by atoms with E-state index < -0.39 is 20.6 Å². The second-order valence-electron chi connectivity index (χ2n) is 16.8. The Bertz CT molecular complexity index is 1490. The second kappa shape index (κ2) is 16.1. The molecule has 4 heteroatoms. The van der Waals surface area contributed by atoms with Gasteiger partial charge >= 0.3 is 313 Å². The molecule has 0 unspecified atom stereocenters. The zero-order valence-electron chi connectivity index (χ0n) is 32.4. The van der Waals surface area contributed by atoms with Crippen molar-refractivity contribution in [2.75, 3.05) is 22.9 Å². The number of rotatable bonds is 8. The van der Waals surface area contributed by atoms with E-state index in [-0.39, 0.29) is 0 Å². The van der Waals surface area contributed by atoms with Crippen molar-refractivity contribution in [3.63, 3.8) is 0 Å². The van der Waals surface area contributed by atoms with Crippen molar-refractivity contribution in [3.05, 3.63) is 93.5 Å². The van der Waals surface area contributed by atoms with Crippen LogP contribution in [0, 0.1) is 41.5 Å². The molecule has 3 aliphatic carbocycles. The predicted molar refractivity (Wildman–Crippen MR) is 220 cm³/mol. The Labute approximate surface area is 311 Å². The molecule has 1 heterocycles. The van der Waals surface area contributed by atoms with Gasteiger partial charge in [0, 0.05) is 0 Å². The normalized spacial score (nSPS) is 22.0. The van der Waals surface area contributed by atoms with Gasteiger partial charge in [-0.3, -0.25) is 0 Å². The molecular formula is C46H67N2PRu. The number of hydrogen-bond acceptors (Lipinski definition) is 2. The summed E-state index contributed by atoms with van der Waals surface area (Å²) in [4.78, 5) is 6.11. The van der Waals surface area contributed by atoms with Crippen molar-refractivity contribution in [2.45, 2.75) is 160 Å². The van der Waals surface area contributed by atoms with E-state index in [1.54, 1.807) is 11.4 Å². The van der Waals surface area contributed by atoms with E-state index in [0.29, 0.717) is 4.76 Å². The van der Waals surface area contributed by atoms with Crippen LogP contribution in [0.15, 0.2) is 54.6 Å². The molecule has 0 N–H and O–H groups in total. The van der Waals surface area contributed by atoms with Gasteiger partial charge in [-0.1, -0.05) is 0 Å². The van der Waals surface area contributed by atoms with Gasteiger partial charge in [0.1, 0.15) is 0 Å². The zero-order chi connectivity index (χ0) is 34.8. The first-order valence-corrected chi connectivity index (χ1v) is 27.2. The topological polar surface area (TPSA) is 6.48 Å². The molecule has 0 radical (unpaired) electrons. The molecule has 0 atom stereocenters. The number of benzene rings is 3. The number of aryl methyl sites for hydroxylation is 6. The van der Waals surface area contributed by atoms with Crippen LogP contribution in [-0.2, 0) is 15.0 Å². The molecule has 1 aliphatic heterocycles. The minimum atomic E-state index is -1.91. The van der Waals surface area contributed by atoms with Crippen LogP contribution in [0.1, 0.15) is 135 Å². The van der Waals surface area contributed by atoms with Gasteiger partial charge in [-0.05, 0) is 0 Å². The Morgan fingerprint density at radius 3 is 1.24 bits per heavy atom. The third kappa shape index (κ3) is 7.11. The van der Waals surface area contributed by atoms with Crippen molar-refractivity contribution in [3.8, 4) is 0 Å². The third-order valence-corrected chi connectivity index (χ3v) is 35.8. The molecular weight excluding hydrogens is 713 g/mol. The molecule has 4 aliphatic rings. The molecule has 7 rings (SSSR count). The van der Waals surface area contributed by atoms with Crippen LogP contribution in [-0.4, -0.2) is 39.4 Å². The Kier molecular flexibility index (Phi) is 11.7. The quantitative estimate of drug-likeness (QED) is 0.166. The van der Waals surface area contributed by atoms with Crippen LogP contribution in [0.25, 0.3) is 0 Å². The van der Waals surface area contributed by atoms with E-state index in [2.05, 4.69) is 111 Å². The second-order valence-corrected chi connectivity index (χ2v) is 30.8. The maximum atomic E-state index is 3.09. The summed E-state index contributed by atoms with van der Waals surface area (Å²) in [6.45, 7) is 16.6. The van der Waals surface area contributed by atoms with Gasteiger partial charge in [0.25, 0.3) is 0 Å². The molecule has 0 bridgehead atoms. The van der Waals surface area contributed by atoms with E-state index in [9.17, 15) is 0 Å². The van der Waals surface area contributed by atoms with Gasteiger partial charge in [0.05, 0.1) is 0 Å². The molecule has 1 saturated heterocycles. The van der Waals surface area contributed by atoms with Crippen molar-refractivity contribution in [1.29, 1.82) is 0 Å². The Hall–Kier alpha value is -1.82. The first-order valence-electron chi connectivity index (χ1n) is 20.5. The van der Waals surface area contributed by atoms with Crippen LogP contribution < -0.4 is 9.80 Å². The molecule has 50 heavy (non-hydrogen) atoms. The zero-order valence-corrected chi connectivity index (χ0v) is 35.1. The van der Waals surface area contributed by atoms with E-state index in [0.717, 1.165) is 30.1 Å². The fraction of sp³-hybridized carbons (Fsp3) is 0.587. The van der Waals surface area contributed by atoms with Crippen LogP contribution in [0.2, 0.25) is 0 Å². The van der Waals surface area contributed by atoms with E-state index in [1.807, 2.05) is 0 Å². The molecule has 3 saturated carbocycles. The Morgan fingerprint density at radius 2 is 0.880 bits per heavy atom. The number of hydrogen-bond donors (Lipinski definition) is 0. The fourth-order valence-corrected chi connectivity index (χ4v) is 39.7. The van der Waals surface area contributed by atoms with Crippen molar-refractivity contribution in [2.24, 2.45) is 0 Å². The SMILES string of the molecule is Cc1cc(C)c(N2CCN(c3c(C)cc(C)cc3C)[CH]2/[Ru](=[CH]/c2ccccc2)[PH](C2CCCCC2)(C2CCCCC2)C2CCCCC2)c(C)c1. The Morgan fingerprint density at radius 1 is 0.520 bits per heavy atom. The minimum absolute atomic E-state index is 0.484. The predicted octanol–water partition coefficient (Wildman–Crippen LogP) is 12.3. The summed E-state index contributed by atoms with van der Waals surface area (Å²) in [6.07, 6.45) is 22.5. The maximum absolute atomic E-state index is 3.09. The molecule has 0 aromatic heterocycles. The van der Waals surface area contributed by atoms with Crippen LogP contribution >= 0.6 is 5.59 Å². The van der Waals surface area contributed by atoms with Crippen molar-refractivity contribution >= 4 is 21.6 Å². The van der Waals surface area contributed by atoms with Crippen LogP contribution in [0.5, 0.6) is 0 Å². The molecule has 4 fully saturated rings. The summed E-state index contributed by atoms with van der Waals surface area (Å²) >= 11 is -1.75. The van der Waals surface area contributed by atoms with Crippen LogP contribution in [0.3, 0.4) is 0 Å². The van der Waals surface area contributed by atoms with Crippen molar-refractivity contribution in [1.82, 2.24) is 0 Å². The average molecular weight is 780 g/mol. The monoisotopic (exact) mass is 780 g/mol. The van der Waals surface area contributed by atoms with Gasteiger partial charge in [0.15, 0.2) is 0 Å². The molecule has 3 aromatic rings. The molecule has 3 aromatic carbocycles. The summed E-state index contributed by atoms with van der Waals surface area (Å²) in [6, 6.07) is 21.8. The van der Waals surface area contributed by atoms with E-state index in [4.69, 9.17) is 0 Å². The molecule has 2 nitrogen and oxygen atoms in total. The summed E-state index contributed by atoms with van der Waals surface area (Å²) in [5, 5.41) is 0. The molecule has 274 valence electrons. The first-order chi connectivity index (χ1) is 24.3. The van der Waals surface area contributed by atoms with Gasteiger partial charge < -0.3 is 0 Å². The summed E-state index contributed by atoms with van der Waals surface area (Å²) in [5.74, 6) is 0. The van der Waals surface area contributed by atoms with E-state index >= 15 is 0 Å². The summed E-state index contributed by atoms with van der Waals surface area (Å²) in [5.41, 5.74) is 14.5.